The van der Waals surface area contributed by atoms with E-state index in [9.17, 15) is 0 Å². The second-order valence-electron chi connectivity index (χ2n) is 5.93. The summed E-state index contributed by atoms with van der Waals surface area (Å²) in [5.74, 6) is 0. The minimum absolute atomic E-state index is 0.606. The zero-order chi connectivity index (χ0) is 12.4. The molecule has 98 valence electrons. The molecule has 1 atom stereocenters. The van der Waals surface area contributed by atoms with Gasteiger partial charge in [-0.2, -0.15) is 0 Å². The summed E-state index contributed by atoms with van der Waals surface area (Å²) >= 11 is 0. The first-order chi connectivity index (χ1) is 8.83. The van der Waals surface area contributed by atoms with Crippen molar-refractivity contribution in [1.29, 1.82) is 0 Å². The van der Waals surface area contributed by atoms with E-state index in [-0.39, 0.29) is 0 Å². The lowest BCUT2D eigenvalue weighted by molar-refractivity contribution is 0.186. The molecule has 1 heterocycles. The van der Waals surface area contributed by atoms with Gasteiger partial charge in [0.1, 0.15) is 0 Å². The molecule has 0 unspecified atom stereocenters. The van der Waals surface area contributed by atoms with Crippen LogP contribution in [0, 0.1) is 0 Å². The van der Waals surface area contributed by atoms with Crippen molar-refractivity contribution in [2.75, 3.05) is 18.9 Å². The van der Waals surface area contributed by atoms with Crippen LogP contribution in [0.15, 0.2) is 24.3 Å². The molecule has 1 aromatic rings. The molecule has 0 bridgehead atoms. The van der Waals surface area contributed by atoms with Crippen LogP contribution >= 0.6 is 0 Å². The van der Waals surface area contributed by atoms with E-state index < -0.39 is 0 Å². The molecule has 0 aromatic heterocycles. The highest BCUT2D eigenvalue weighted by Gasteiger charge is 2.24. The third-order valence-corrected chi connectivity index (χ3v) is 4.55. The van der Waals surface area contributed by atoms with Gasteiger partial charge in [0.05, 0.1) is 0 Å². The first-order valence-electron chi connectivity index (χ1n) is 7.37. The van der Waals surface area contributed by atoms with Crippen LogP contribution in [0.5, 0.6) is 0 Å². The molecule has 0 radical (unpaired) electrons. The molecular formula is C16H24N2. The minimum atomic E-state index is 0.606. The Balaban J connectivity index is 1.55. The topological polar surface area (TPSA) is 15.3 Å². The fourth-order valence-corrected chi connectivity index (χ4v) is 3.50. The van der Waals surface area contributed by atoms with Gasteiger partial charge in [0.15, 0.2) is 0 Å². The Hall–Kier alpha value is -1.02. The van der Waals surface area contributed by atoms with Gasteiger partial charge in [0.25, 0.3) is 0 Å². The van der Waals surface area contributed by atoms with E-state index in [0.29, 0.717) is 6.04 Å². The average Bonchev–Trinajstić information content (AvgIpc) is 2.82. The van der Waals surface area contributed by atoms with Crippen LogP contribution in [0.3, 0.4) is 0 Å². The second kappa shape index (κ2) is 5.31. The number of anilines is 1. The summed E-state index contributed by atoms with van der Waals surface area (Å²) in [5, 5.41) is 3.66. The molecule has 1 saturated carbocycles. The van der Waals surface area contributed by atoms with Gasteiger partial charge in [-0.15, -0.1) is 0 Å². The van der Waals surface area contributed by atoms with Gasteiger partial charge in [-0.05, 0) is 37.9 Å². The fourth-order valence-electron chi connectivity index (χ4n) is 3.50. The van der Waals surface area contributed by atoms with Crippen molar-refractivity contribution in [2.45, 2.75) is 50.6 Å². The zero-order valence-electron chi connectivity index (χ0n) is 11.4. The number of nitrogens with one attached hydrogen (secondary N) is 1. The molecule has 1 fully saturated rings. The zero-order valence-corrected chi connectivity index (χ0v) is 11.4. The van der Waals surface area contributed by atoms with Crippen LogP contribution in [-0.4, -0.2) is 30.6 Å². The maximum Gasteiger partial charge on any atom is 0.0429 e. The first kappa shape index (κ1) is 12.0. The van der Waals surface area contributed by atoms with Crippen LogP contribution in [0.25, 0.3) is 0 Å². The highest BCUT2D eigenvalue weighted by atomic mass is 15.2. The van der Waals surface area contributed by atoms with Crippen LogP contribution in [-0.2, 0) is 6.42 Å². The summed E-state index contributed by atoms with van der Waals surface area (Å²) in [5.41, 5.74) is 2.83. The summed E-state index contributed by atoms with van der Waals surface area (Å²) in [4.78, 5) is 2.59. The van der Waals surface area contributed by atoms with Gasteiger partial charge in [-0.3, -0.25) is 0 Å². The molecule has 0 amide bonds. The van der Waals surface area contributed by atoms with Crippen molar-refractivity contribution in [2.24, 2.45) is 0 Å². The van der Waals surface area contributed by atoms with E-state index in [4.69, 9.17) is 0 Å². The number of likely N-dealkylation sites (N-methyl/N-ethyl adjacent to an activating group) is 1. The minimum Gasteiger partial charge on any atom is -0.380 e. The van der Waals surface area contributed by atoms with E-state index in [0.717, 1.165) is 6.04 Å². The lowest BCUT2D eigenvalue weighted by Crippen LogP contribution is -2.40. The fraction of sp³-hybridized carbons (Fsp3) is 0.625. The predicted octanol–water partition coefficient (Wildman–Crippen LogP) is 3.29. The molecule has 3 rings (SSSR count). The van der Waals surface area contributed by atoms with Crippen molar-refractivity contribution in [3.8, 4) is 0 Å². The van der Waals surface area contributed by atoms with Gasteiger partial charge in [-0.1, -0.05) is 37.5 Å². The summed E-state index contributed by atoms with van der Waals surface area (Å²) in [6.07, 6.45) is 8.28. The number of fused-ring (bicyclic) bond motifs is 1. The average molecular weight is 244 g/mol. The standard InChI is InChI=1S/C16H24N2/c1-18(15-8-3-2-4-9-15)12-14-11-13-7-5-6-10-16(13)17-14/h5-7,10,14-15,17H,2-4,8-9,11-12H2,1H3/t14-/m1/s1. The number of rotatable bonds is 3. The van der Waals surface area contributed by atoms with Crippen LogP contribution in [0.4, 0.5) is 5.69 Å². The summed E-state index contributed by atoms with van der Waals surface area (Å²) < 4.78 is 0. The molecule has 18 heavy (non-hydrogen) atoms. The van der Waals surface area contributed by atoms with E-state index in [1.54, 1.807) is 0 Å². The smallest absolute Gasteiger partial charge is 0.0429 e. The number of para-hydroxylation sites is 1. The molecule has 1 aliphatic carbocycles. The number of nitrogens with zero attached hydrogens (tertiary/aromatic N) is 1. The maximum absolute atomic E-state index is 3.66. The Kier molecular flexibility index (Phi) is 3.55. The third-order valence-electron chi connectivity index (χ3n) is 4.55. The Morgan fingerprint density at radius 1 is 1.17 bits per heavy atom. The normalized spacial score (nSPS) is 24.0. The Bertz CT molecular complexity index is 371. The predicted molar refractivity (Wildman–Crippen MR) is 77.1 cm³/mol. The SMILES string of the molecule is CN(C[C@H]1Cc2ccccc2N1)C1CCCCC1. The van der Waals surface area contributed by atoms with E-state index in [1.807, 2.05) is 0 Å². The van der Waals surface area contributed by atoms with E-state index in [1.165, 1.54) is 56.3 Å². The van der Waals surface area contributed by atoms with Gasteiger partial charge in [0, 0.05) is 24.3 Å². The molecule has 2 heteroatoms. The largest absolute Gasteiger partial charge is 0.380 e. The number of hydrogen-bond donors (Lipinski definition) is 1. The summed E-state index contributed by atoms with van der Waals surface area (Å²) in [7, 11) is 2.31. The van der Waals surface area contributed by atoms with Gasteiger partial charge in [-0.25, -0.2) is 0 Å². The van der Waals surface area contributed by atoms with Crippen molar-refractivity contribution in [3.05, 3.63) is 29.8 Å². The second-order valence-corrected chi connectivity index (χ2v) is 5.93. The van der Waals surface area contributed by atoms with Gasteiger partial charge < -0.3 is 10.2 Å². The van der Waals surface area contributed by atoms with Gasteiger partial charge in [0.2, 0.25) is 0 Å². The third kappa shape index (κ3) is 2.54. The Morgan fingerprint density at radius 3 is 2.72 bits per heavy atom. The number of hydrogen-bond acceptors (Lipinski definition) is 2. The lowest BCUT2D eigenvalue weighted by atomic mass is 9.94. The highest BCUT2D eigenvalue weighted by molar-refractivity contribution is 5.56. The molecule has 2 aliphatic rings. The van der Waals surface area contributed by atoms with Crippen LogP contribution in [0.1, 0.15) is 37.7 Å². The van der Waals surface area contributed by atoms with Crippen LogP contribution < -0.4 is 5.32 Å². The summed E-state index contributed by atoms with van der Waals surface area (Å²) in [6, 6.07) is 10.2. The Morgan fingerprint density at radius 2 is 1.94 bits per heavy atom. The highest BCUT2D eigenvalue weighted by Crippen LogP contribution is 2.27. The van der Waals surface area contributed by atoms with Crippen LogP contribution in [0.2, 0.25) is 0 Å². The molecular weight excluding hydrogens is 220 g/mol. The Labute approximate surface area is 110 Å². The van der Waals surface area contributed by atoms with Crippen molar-refractivity contribution >= 4 is 5.69 Å². The van der Waals surface area contributed by atoms with E-state index >= 15 is 0 Å². The maximum atomic E-state index is 3.66. The monoisotopic (exact) mass is 244 g/mol. The van der Waals surface area contributed by atoms with Crippen molar-refractivity contribution in [3.63, 3.8) is 0 Å². The quantitative estimate of drug-likeness (QED) is 0.877. The van der Waals surface area contributed by atoms with E-state index in [2.05, 4.69) is 41.5 Å². The summed E-state index contributed by atoms with van der Waals surface area (Å²) in [6.45, 7) is 1.18. The first-order valence-corrected chi connectivity index (χ1v) is 7.37. The molecule has 2 nitrogen and oxygen atoms in total. The van der Waals surface area contributed by atoms with Crippen molar-refractivity contribution < 1.29 is 0 Å². The molecule has 0 spiro atoms. The molecule has 1 N–H and O–H groups in total. The van der Waals surface area contributed by atoms with Crippen molar-refractivity contribution in [1.82, 2.24) is 4.90 Å². The lowest BCUT2D eigenvalue weighted by Gasteiger charge is -2.33. The van der Waals surface area contributed by atoms with Gasteiger partial charge >= 0.3 is 0 Å². The number of benzene rings is 1. The molecule has 0 saturated heterocycles. The molecule has 1 aliphatic heterocycles. The molecule has 1 aromatic carbocycles.